The average Bonchev–Trinajstić information content (AvgIpc) is 2.95. The number of carbonyl (C=O) groups excluding carboxylic acids is 2. The van der Waals surface area contributed by atoms with Crippen LogP contribution in [0, 0.1) is 0 Å². The molecule has 0 radical (unpaired) electrons. The second kappa shape index (κ2) is 29.6. The number of phosphoric ester groups is 1. The standard InChI is InChI=1S/C33H61O8P/c1-3-5-7-9-11-12-13-14-15-16-17-18-19-20-22-24-26-28-33(35)41-31(30-40-42(36,37)38)29-39-32(34)27-25-23-21-10-8-6-4-2/h17-18,20,22,31H,3-16,19,21,23-30H2,1-2H3,(H2,36,37,38)/b18-17+,22-20+/t31-/m1/s1. The number of carbonyl (C=O) groups is 2. The largest absolute Gasteiger partial charge is 0.469 e. The molecule has 42 heavy (non-hydrogen) atoms. The average molecular weight is 617 g/mol. The lowest BCUT2D eigenvalue weighted by molar-refractivity contribution is -0.161. The third kappa shape index (κ3) is 31.5. The molecule has 0 aliphatic rings. The third-order valence-electron chi connectivity index (χ3n) is 6.97. The molecule has 0 amide bonds. The second-order valence-corrected chi connectivity index (χ2v) is 12.4. The van der Waals surface area contributed by atoms with Crippen molar-refractivity contribution in [3.05, 3.63) is 24.3 Å². The van der Waals surface area contributed by atoms with Crippen LogP contribution in [-0.4, -0.2) is 41.0 Å². The fraction of sp³-hybridized carbons (Fsp3) is 0.818. The molecule has 0 rings (SSSR count). The van der Waals surface area contributed by atoms with E-state index in [0.717, 1.165) is 44.9 Å². The number of hydrogen-bond donors (Lipinski definition) is 2. The van der Waals surface area contributed by atoms with Crippen LogP contribution in [0.5, 0.6) is 0 Å². The maximum atomic E-state index is 12.3. The fourth-order valence-corrected chi connectivity index (χ4v) is 4.83. The topological polar surface area (TPSA) is 119 Å². The number of allylic oxidation sites excluding steroid dienone is 4. The summed E-state index contributed by atoms with van der Waals surface area (Å²) < 4.78 is 26.0. The van der Waals surface area contributed by atoms with Crippen LogP contribution in [0.1, 0.15) is 155 Å². The third-order valence-corrected chi connectivity index (χ3v) is 7.46. The highest BCUT2D eigenvalue weighted by atomic mass is 31.2. The molecule has 9 heteroatoms. The quantitative estimate of drug-likeness (QED) is 0.0355. The van der Waals surface area contributed by atoms with E-state index in [9.17, 15) is 14.2 Å². The number of rotatable bonds is 30. The molecule has 8 nitrogen and oxygen atoms in total. The number of ether oxygens (including phenoxy) is 2. The molecule has 0 saturated heterocycles. The van der Waals surface area contributed by atoms with Gasteiger partial charge in [-0.05, 0) is 38.5 Å². The lowest BCUT2D eigenvalue weighted by atomic mass is 10.1. The maximum absolute atomic E-state index is 12.3. The minimum Gasteiger partial charge on any atom is -0.462 e. The predicted octanol–water partition coefficient (Wildman–Crippen LogP) is 9.29. The van der Waals surface area contributed by atoms with Gasteiger partial charge in [0.2, 0.25) is 0 Å². The van der Waals surface area contributed by atoms with Crippen molar-refractivity contribution in [2.75, 3.05) is 13.2 Å². The Bertz CT molecular complexity index is 746. The van der Waals surface area contributed by atoms with Crippen molar-refractivity contribution in [2.24, 2.45) is 0 Å². The first-order valence-electron chi connectivity index (χ1n) is 16.6. The van der Waals surface area contributed by atoms with Gasteiger partial charge in [0.05, 0.1) is 6.61 Å². The van der Waals surface area contributed by atoms with Crippen LogP contribution in [-0.2, 0) is 28.2 Å². The first-order chi connectivity index (χ1) is 20.3. The molecule has 0 bridgehead atoms. The van der Waals surface area contributed by atoms with Gasteiger partial charge in [-0.25, -0.2) is 4.57 Å². The Labute approximate surface area is 256 Å². The Kier molecular flexibility index (Phi) is 28.6. The van der Waals surface area contributed by atoms with Crippen molar-refractivity contribution in [2.45, 2.75) is 161 Å². The van der Waals surface area contributed by atoms with Crippen LogP contribution in [0.3, 0.4) is 0 Å². The van der Waals surface area contributed by atoms with Gasteiger partial charge >= 0.3 is 19.8 Å². The number of unbranched alkanes of at least 4 members (excludes halogenated alkanes) is 16. The van der Waals surface area contributed by atoms with E-state index in [2.05, 4.69) is 36.6 Å². The first kappa shape index (κ1) is 40.5. The zero-order valence-electron chi connectivity index (χ0n) is 26.6. The molecular formula is C33H61O8P. The van der Waals surface area contributed by atoms with Crippen molar-refractivity contribution in [1.82, 2.24) is 0 Å². The Morgan fingerprint density at radius 2 is 1.10 bits per heavy atom. The highest BCUT2D eigenvalue weighted by Gasteiger charge is 2.22. The molecule has 0 unspecified atom stereocenters. The summed E-state index contributed by atoms with van der Waals surface area (Å²) in [6.07, 6.45) is 30.8. The lowest BCUT2D eigenvalue weighted by Gasteiger charge is -2.18. The van der Waals surface area contributed by atoms with Gasteiger partial charge in [-0.1, -0.05) is 128 Å². The van der Waals surface area contributed by atoms with Crippen molar-refractivity contribution >= 4 is 19.8 Å². The van der Waals surface area contributed by atoms with Gasteiger partial charge in [0, 0.05) is 12.8 Å². The summed E-state index contributed by atoms with van der Waals surface area (Å²) in [4.78, 5) is 42.3. The summed E-state index contributed by atoms with van der Waals surface area (Å²) in [5.41, 5.74) is 0. The zero-order chi connectivity index (χ0) is 31.2. The fourth-order valence-electron chi connectivity index (χ4n) is 4.47. The van der Waals surface area contributed by atoms with Crippen LogP contribution in [0.15, 0.2) is 24.3 Å². The lowest BCUT2D eigenvalue weighted by Crippen LogP contribution is -2.29. The molecule has 0 aliphatic carbocycles. The highest BCUT2D eigenvalue weighted by molar-refractivity contribution is 7.46. The van der Waals surface area contributed by atoms with E-state index in [1.54, 1.807) is 0 Å². The SMILES string of the molecule is CCCCCCCCCCC/C=C/C/C=C/CCCC(=O)O[C@H](COC(=O)CCCCCCCCC)COP(=O)(O)O. The summed E-state index contributed by atoms with van der Waals surface area (Å²) in [5.74, 6) is -0.945. The summed E-state index contributed by atoms with van der Waals surface area (Å²) in [6, 6.07) is 0. The molecule has 0 saturated carbocycles. The number of esters is 2. The van der Waals surface area contributed by atoms with E-state index in [1.807, 2.05) is 6.08 Å². The van der Waals surface area contributed by atoms with Crippen LogP contribution in [0.25, 0.3) is 0 Å². The molecule has 0 aliphatic heterocycles. The van der Waals surface area contributed by atoms with E-state index < -0.39 is 32.5 Å². The molecule has 1 atom stereocenters. The first-order valence-corrected chi connectivity index (χ1v) is 18.2. The molecule has 0 heterocycles. The second-order valence-electron chi connectivity index (χ2n) is 11.1. The van der Waals surface area contributed by atoms with Crippen molar-refractivity contribution in [3.8, 4) is 0 Å². The molecule has 0 aromatic carbocycles. The molecule has 0 spiro atoms. The van der Waals surface area contributed by atoms with E-state index >= 15 is 0 Å². The Balaban J connectivity index is 4.04. The van der Waals surface area contributed by atoms with Crippen LogP contribution >= 0.6 is 7.82 Å². The van der Waals surface area contributed by atoms with Crippen LogP contribution < -0.4 is 0 Å². The molecular weight excluding hydrogens is 555 g/mol. The Morgan fingerprint density at radius 3 is 1.64 bits per heavy atom. The van der Waals surface area contributed by atoms with Gasteiger partial charge in [0.15, 0.2) is 6.10 Å². The highest BCUT2D eigenvalue weighted by Crippen LogP contribution is 2.35. The van der Waals surface area contributed by atoms with Crippen molar-refractivity contribution in [1.29, 1.82) is 0 Å². The van der Waals surface area contributed by atoms with Crippen molar-refractivity contribution in [3.63, 3.8) is 0 Å². The molecule has 2 N–H and O–H groups in total. The number of hydrogen-bond acceptors (Lipinski definition) is 6. The van der Waals surface area contributed by atoms with Crippen LogP contribution in [0.2, 0.25) is 0 Å². The minimum atomic E-state index is -4.75. The number of phosphoric acid groups is 1. The Hall–Kier alpha value is -1.47. The van der Waals surface area contributed by atoms with Gasteiger partial charge in [-0.3, -0.25) is 14.1 Å². The molecule has 0 aromatic rings. The summed E-state index contributed by atoms with van der Waals surface area (Å²) in [7, 11) is -4.75. The molecule has 0 fully saturated rings. The monoisotopic (exact) mass is 616 g/mol. The molecule has 246 valence electrons. The maximum Gasteiger partial charge on any atom is 0.469 e. The summed E-state index contributed by atoms with van der Waals surface area (Å²) in [6.45, 7) is 3.57. The van der Waals surface area contributed by atoms with Gasteiger partial charge in [0.1, 0.15) is 6.61 Å². The van der Waals surface area contributed by atoms with Crippen LogP contribution in [0.4, 0.5) is 0 Å². The van der Waals surface area contributed by atoms with Gasteiger partial charge in [0.25, 0.3) is 0 Å². The van der Waals surface area contributed by atoms with Gasteiger partial charge < -0.3 is 19.3 Å². The van der Waals surface area contributed by atoms with E-state index in [0.29, 0.717) is 6.42 Å². The zero-order valence-corrected chi connectivity index (χ0v) is 27.5. The van der Waals surface area contributed by atoms with Gasteiger partial charge in [-0.2, -0.15) is 0 Å². The van der Waals surface area contributed by atoms with E-state index in [1.165, 1.54) is 77.0 Å². The van der Waals surface area contributed by atoms with E-state index in [-0.39, 0.29) is 19.4 Å². The minimum absolute atomic E-state index is 0.150. The molecule has 0 aromatic heterocycles. The van der Waals surface area contributed by atoms with E-state index in [4.69, 9.17) is 19.3 Å². The predicted molar refractivity (Wildman–Crippen MR) is 170 cm³/mol. The normalized spacial score (nSPS) is 12.8. The summed E-state index contributed by atoms with van der Waals surface area (Å²) in [5, 5.41) is 0. The summed E-state index contributed by atoms with van der Waals surface area (Å²) >= 11 is 0. The van der Waals surface area contributed by atoms with Gasteiger partial charge in [-0.15, -0.1) is 0 Å². The van der Waals surface area contributed by atoms with Crippen molar-refractivity contribution < 1.29 is 37.9 Å². The Morgan fingerprint density at radius 1 is 0.619 bits per heavy atom. The smallest absolute Gasteiger partial charge is 0.462 e.